The minimum atomic E-state index is -3.41. The fraction of sp³-hybridized carbons (Fsp3) is 0.381. The molecule has 0 saturated carbocycles. The molecule has 29 heavy (non-hydrogen) atoms. The second-order valence-corrected chi connectivity index (χ2v) is 9.11. The van der Waals surface area contributed by atoms with E-state index in [9.17, 15) is 13.2 Å². The molecule has 1 N–H and O–H groups in total. The molecule has 1 amide bonds. The first kappa shape index (κ1) is 21.1. The summed E-state index contributed by atoms with van der Waals surface area (Å²) < 4.78 is 31.8. The van der Waals surface area contributed by atoms with E-state index in [0.717, 1.165) is 5.69 Å². The molecule has 0 spiro atoms. The lowest BCUT2D eigenvalue weighted by molar-refractivity contribution is 0.0956. The van der Waals surface area contributed by atoms with Crippen molar-refractivity contribution in [2.24, 2.45) is 0 Å². The van der Waals surface area contributed by atoms with Crippen molar-refractivity contribution >= 4 is 21.6 Å². The molecule has 2 aromatic rings. The zero-order valence-electron chi connectivity index (χ0n) is 16.8. The van der Waals surface area contributed by atoms with E-state index in [0.29, 0.717) is 37.5 Å². The van der Waals surface area contributed by atoms with Crippen LogP contribution in [-0.4, -0.2) is 64.2 Å². The Kier molecular flexibility index (Phi) is 6.76. The van der Waals surface area contributed by atoms with Gasteiger partial charge in [-0.15, -0.1) is 0 Å². The average Bonchev–Trinajstić information content (AvgIpc) is 2.73. The highest BCUT2D eigenvalue weighted by atomic mass is 32.2. The van der Waals surface area contributed by atoms with Gasteiger partial charge in [-0.1, -0.05) is 12.1 Å². The fourth-order valence-corrected chi connectivity index (χ4v) is 4.65. The second-order valence-electron chi connectivity index (χ2n) is 7.03. The summed E-state index contributed by atoms with van der Waals surface area (Å²) in [5, 5.41) is 2.68. The molecular formula is C21H27N3O4S. The van der Waals surface area contributed by atoms with Gasteiger partial charge in [-0.2, -0.15) is 4.31 Å². The molecule has 3 rings (SSSR count). The van der Waals surface area contributed by atoms with Crippen molar-refractivity contribution in [3.63, 3.8) is 0 Å². The molecule has 8 heteroatoms. The number of carbonyl (C=O) groups is 1. The predicted molar refractivity (Wildman–Crippen MR) is 114 cm³/mol. The van der Waals surface area contributed by atoms with Gasteiger partial charge < -0.3 is 15.0 Å². The van der Waals surface area contributed by atoms with Crippen LogP contribution >= 0.6 is 0 Å². The minimum Gasteiger partial charge on any atom is -0.497 e. The second kappa shape index (κ2) is 9.28. The number of sulfonamides is 1. The van der Waals surface area contributed by atoms with Crippen LogP contribution in [0.1, 0.15) is 15.9 Å². The molecular weight excluding hydrogens is 390 g/mol. The van der Waals surface area contributed by atoms with Crippen molar-refractivity contribution < 1.29 is 17.9 Å². The van der Waals surface area contributed by atoms with Gasteiger partial charge in [-0.3, -0.25) is 4.79 Å². The Morgan fingerprint density at radius 3 is 2.38 bits per heavy atom. The third-order valence-electron chi connectivity index (χ3n) is 5.00. The van der Waals surface area contributed by atoms with E-state index < -0.39 is 10.0 Å². The molecule has 1 saturated heterocycles. The zero-order valence-corrected chi connectivity index (χ0v) is 17.6. The van der Waals surface area contributed by atoms with Crippen LogP contribution in [0, 0.1) is 6.92 Å². The van der Waals surface area contributed by atoms with Crippen LogP contribution in [0.2, 0.25) is 0 Å². The van der Waals surface area contributed by atoms with Crippen molar-refractivity contribution in [3.8, 4) is 5.75 Å². The topological polar surface area (TPSA) is 78.9 Å². The van der Waals surface area contributed by atoms with Crippen molar-refractivity contribution in [2.45, 2.75) is 6.92 Å². The molecule has 0 aliphatic carbocycles. The van der Waals surface area contributed by atoms with Gasteiger partial charge in [-0.25, -0.2) is 8.42 Å². The first-order chi connectivity index (χ1) is 13.9. The van der Waals surface area contributed by atoms with Crippen LogP contribution in [0.25, 0.3) is 0 Å². The number of amides is 1. The van der Waals surface area contributed by atoms with E-state index in [4.69, 9.17) is 4.74 Å². The van der Waals surface area contributed by atoms with Crippen LogP contribution in [0.15, 0.2) is 48.5 Å². The number of methoxy groups -OCH3 is 1. The summed E-state index contributed by atoms with van der Waals surface area (Å²) >= 11 is 0. The number of carbonyl (C=O) groups excluding carboxylic acids is 1. The van der Waals surface area contributed by atoms with Crippen LogP contribution < -0.4 is 15.0 Å². The van der Waals surface area contributed by atoms with Gasteiger partial charge in [0.2, 0.25) is 10.0 Å². The van der Waals surface area contributed by atoms with Gasteiger partial charge in [-0.05, 0) is 48.9 Å². The smallest absolute Gasteiger partial charge is 0.251 e. The van der Waals surface area contributed by atoms with Crippen molar-refractivity contribution in [3.05, 3.63) is 59.7 Å². The number of hydrogen-bond donors (Lipinski definition) is 1. The van der Waals surface area contributed by atoms with Crippen molar-refractivity contribution in [1.82, 2.24) is 9.62 Å². The normalized spacial score (nSPS) is 15.2. The van der Waals surface area contributed by atoms with Gasteiger partial charge in [0.1, 0.15) is 5.75 Å². The van der Waals surface area contributed by atoms with Gasteiger partial charge in [0.15, 0.2) is 0 Å². The number of anilines is 1. The summed E-state index contributed by atoms with van der Waals surface area (Å²) in [6.07, 6.45) is 0. The summed E-state index contributed by atoms with van der Waals surface area (Å²) in [7, 11) is -1.86. The van der Waals surface area contributed by atoms with Gasteiger partial charge in [0.25, 0.3) is 5.91 Å². The average molecular weight is 418 g/mol. The predicted octanol–water partition coefficient (Wildman–Crippen LogP) is 1.89. The highest BCUT2D eigenvalue weighted by molar-refractivity contribution is 7.89. The maximum Gasteiger partial charge on any atom is 0.251 e. The monoisotopic (exact) mass is 417 g/mol. The molecule has 0 bridgehead atoms. The number of nitrogens with zero attached hydrogens (tertiary/aromatic N) is 2. The van der Waals surface area contributed by atoms with Crippen LogP contribution in [-0.2, 0) is 10.0 Å². The standard InChI is InChI=1S/C21H27N3O4S/c1-17-4-3-5-19(16-17)23-11-13-24(14-12-23)29(26,27)15-10-22-21(25)18-6-8-20(28-2)9-7-18/h3-9,16H,10-15H2,1-2H3,(H,22,25). The first-order valence-electron chi connectivity index (χ1n) is 9.61. The molecule has 0 aromatic heterocycles. The Morgan fingerprint density at radius 1 is 1.07 bits per heavy atom. The summed E-state index contributed by atoms with van der Waals surface area (Å²) in [4.78, 5) is 14.4. The molecule has 1 heterocycles. The number of benzene rings is 2. The van der Waals surface area contributed by atoms with E-state index in [1.54, 1.807) is 31.4 Å². The molecule has 1 aliphatic rings. The lowest BCUT2D eigenvalue weighted by Crippen LogP contribution is -2.50. The SMILES string of the molecule is COc1ccc(C(=O)NCCS(=O)(=O)N2CCN(c3cccc(C)c3)CC2)cc1. The number of ether oxygens (including phenoxy) is 1. The van der Waals surface area contributed by atoms with Gasteiger partial charge >= 0.3 is 0 Å². The maximum atomic E-state index is 12.6. The highest BCUT2D eigenvalue weighted by Gasteiger charge is 2.27. The van der Waals surface area contributed by atoms with E-state index in [1.165, 1.54) is 9.87 Å². The molecule has 1 aliphatic heterocycles. The number of nitrogens with one attached hydrogen (secondary N) is 1. The zero-order chi connectivity index (χ0) is 20.9. The maximum absolute atomic E-state index is 12.6. The largest absolute Gasteiger partial charge is 0.497 e. The van der Waals surface area contributed by atoms with Crippen LogP contribution in [0.4, 0.5) is 5.69 Å². The Hall–Kier alpha value is -2.58. The Labute approximate surface area is 172 Å². The van der Waals surface area contributed by atoms with E-state index in [1.807, 2.05) is 25.1 Å². The third-order valence-corrected chi connectivity index (χ3v) is 6.87. The van der Waals surface area contributed by atoms with Gasteiger partial charge in [0, 0.05) is 44.0 Å². The minimum absolute atomic E-state index is 0.0747. The van der Waals surface area contributed by atoms with Crippen LogP contribution in [0.5, 0.6) is 5.75 Å². The molecule has 0 radical (unpaired) electrons. The Morgan fingerprint density at radius 2 is 1.76 bits per heavy atom. The quantitative estimate of drug-likeness (QED) is 0.744. The highest BCUT2D eigenvalue weighted by Crippen LogP contribution is 2.19. The number of hydrogen-bond acceptors (Lipinski definition) is 5. The van der Waals surface area contributed by atoms with E-state index in [2.05, 4.69) is 16.3 Å². The molecule has 156 valence electrons. The molecule has 7 nitrogen and oxygen atoms in total. The number of aryl methyl sites for hydroxylation is 1. The molecule has 1 fully saturated rings. The summed E-state index contributed by atoms with van der Waals surface area (Å²) in [6.45, 7) is 4.32. The van der Waals surface area contributed by atoms with E-state index in [-0.39, 0.29) is 18.2 Å². The van der Waals surface area contributed by atoms with Crippen LogP contribution in [0.3, 0.4) is 0 Å². The summed E-state index contributed by atoms with van der Waals surface area (Å²) in [5.74, 6) is 0.250. The first-order valence-corrected chi connectivity index (χ1v) is 11.2. The summed E-state index contributed by atoms with van der Waals surface area (Å²) in [6, 6.07) is 14.9. The fourth-order valence-electron chi connectivity index (χ4n) is 3.32. The lowest BCUT2D eigenvalue weighted by atomic mass is 10.2. The van der Waals surface area contributed by atoms with Crippen molar-refractivity contribution in [1.29, 1.82) is 0 Å². The number of rotatable bonds is 7. The molecule has 0 unspecified atom stereocenters. The third kappa shape index (κ3) is 5.48. The Bertz CT molecular complexity index is 937. The van der Waals surface area contributed by atoms with E-state index >= 15 is 0 Å². The lowest BCUT2D eigenvalue weighted by Gasteiger charge is -2.35. The van der Waals surface area contributed by atoms with Gasteiger partial charge in [0.05, 0.1) is 12.9 Å². The molecule has 0 atom stereocenters. The Balaban J connectivity index is 1.48. The summed E-state index contributed by atoms with van der Waals surface area (Å²) in [5.41, 5.74) is 2.77. The molecule has 2 aromatic carbocycles. The van der Waals surface area contributed by atoms with Crippen molar-refractivity contribution in [2.75, 3.05) is 50.5 Å². The number of piperazine rings is 1.